The molecule has 0 amide bonds. The second-order valence-electron chi connectivity index (χ2n) is 11.6. The molecule has 40 heavy (non-hydrogen) atoms. The highest BCUT2D eigenvalue weighted by Gasteiger charge is 2.13. The predicted octanol–water partition coefficient (Wildman–Crippen LogP) is 10.8. The number of allylic oxidation sites excluding steroid dienone is 4. The molecular formula is C36H68O4. The van der Waals surface area contributed by atoms with Crippen LogP contribution in [0.25, 0.3) is 0 Å². The Labute approximate surface area is 249 Å². The van der Waals surface area contributed by atoms with Gasteiger partial charge in [0.1, 0.15) is 6.10 Å². The van der Waals surface area contributed by atoms with Gasteiger partial charge in [-0.25, -0.2) is 0 Å². The zero-order valence-electron chi connectivity index (χ0n) is 26.9. The standard InChI is InChI=1S/C36H68O4/c1-3-5-7-9-11-13-15-17-18-19-21-23-25-27-29-31-36(38)40-35(33-37)34-39-32-30-28-26-24-22-20-16-14-12-10-8-6-4-2/h11,13,17-18,35,37H,3-10,12,14-16,19-34H2,1-2H3/b13-11-,18-17-. The summed E-state index contributed by atoms with van der Waals surface area (Å²) < 4.78 is 11.1. The molecule has 4 nitrogen and oxygen atoms in total. The molecule has 0 rings (SSSR count). The minimum Gasteiger partial charge on any atom is -0.457 e. The molecule has 236 valence electrons. The van der Waals surface area contributed by atoms with Gasteiger partial charge in [-0.2, -0.15) is 0 Å². The number of carbonyl (C=O) groups excluding carboxylic acids is 1. The third-order valence-electron chi connectivity index (χ3n) is 7.53. The summed E-state index contributed by atoms with van der Waals surface area (Å²) in [7, 11) is 0. The number of aliphatic hydroxyl groups is 1. The zero-order chi connectivity index (χ0) is 29.2. The Kier molecular flexibility index (Phi) is 33.1. The Morgan fingerprint density at radius 1 is 0.600 bits per heavy atom. The first-order valence-electron chi connectivity index (χ1n) is 17.4. The van der Waals surface area contributed by atoms with Crippen molar-refractivity contribution in [2.24, 2.45) is 0 Å². The highest BCUT2D eigenvalue weighted by Crippen LogP contribution is 2.13. The van der Waals surface area contributed by atoms with Crippen LogP contribution in [-0.4, -0.2) is 37.0 Å². The van der Waals surface area contributed by atoms with Gasteiger partial charge in [-0.1, -0.05) is 147 Å². The molecule has 1 N–H and O–H groups in total. The molecule has 0 saturated carbocycles. The monoisotopic (exact) mass is 565 g/mol. The van der Waals surface area contributed by atoms with E-state index in [-0.39, 0.29) is 12.6 Å². The van der Waals surface area contributed by atoms with Crippen LogP contribution in [0.4, 0.5) is 0 Å². The Balaban J connectivity index is 3.46. The molecular weight excluding hydrogens is 496 g/mol. The number of hydrogen-bond donors (Lipinski definition) is 1. The molecule has 0 aromatic rings. The average Bonchev–Trinajstić information content (AvgIpc) is 2.96. The second kappa shape index (κ2) is 34.1. The van der Waals surface area contributed by atoms with E-state index in [9.17, 15) is 9.90 Å². The molecule has 0 heterocycles. The third kappa shape index (κ3) is 31.4. The van der Waals surface area contributed by atoms with E-state index in [1.54, 1.807) is 0 Å². The molecule has 0 radical (unpaired) electrons. The van der Waals surface area contributed by atoms with Crippen LogP contribution in [0, 0.1) is 0 Å². The van der Waals surface area contributed by atoms with Crippen molar-refractivity contribution < 1.29 is 19.4 Å². The molecule has 0 aromatic carbocycles. The minimum absolute atomic E-state index is 0.174. The van der Waals surface area contributed by atoms with E-state index in [0.29, 0.717) is 19.6 Å². The molecule has 0 aromatic heterocycles. The molecule has 0 saturated heterocycles. The van der Waals surface area contributed by atoms with Crippen molar-refractivity contribution in [1.82, 2.24) is 0 Å². The van der Waals surface area contributed by atoms with E-state index in [4.69, 9.17) is 9.47 Å². The van der Waals surface area contributed by atoms with Crippen molar-refractivity contribution in [1.29, 1.82) is 0 Å². The summed E-state index contributed by atoms with van der Waals surface area (Å²) in [5, 5.41) is 9.53. The number of aliphatic hydroxyl groups excluding tert-OH is 1. The van der Waals surface area contributed by atoms with Crippen molar-refractivity contribution in [3.63, 3.8) is 0 Å². The Bertz CT molecular complexity index is 557. The van der Waals surface area contributed by atoms with Crippen LogP contribution in [0.15, 0.2) is 24.3 Å². The molecule has 0 aliphatic rings. The summed E-state index contributed by atoms with van der Waals surface area (Å²) in [4.78, 5) is 12.1. The van der Waals surface area contributed by atoms with Crippen molar-refractivity contribution in [3.05, 3.63) is 24.3 Å². The Hall–Kier alpha value is -1.13. The van der Waals surface area contributed by atoms with Gasteiger partial charge in [0.2, 0.25) is 0 Å². The first kappa shape index (κ1) is 38.9. The second-order valence-corrected chi connectivity index (χ2v) is 11.6. The van der Waals surface area contributed by atoms with Crippen LogP contribution < -0.4 is 0 Å². The largest absolute Gasteiger partial charge is 0.457 e. The number of unbranched alkanes of at least 4 members (excludes halogenated alkanes) is 20. The van der Waals surface area contributed by atoms with Gasteiger partial charge in [0.15, 0.2) is 0 Å². The van der Waals surface area contributed by atoms with E-state index in [2.05, 4.69) is 38.2 Å². The average molecular weight is 565 g/mol. The molecule has 0 aliphatic carbocycles. The van der Waals surface area contributed by atoms with Gasteiger partial charge < -0.3 is 14.6 Å². The molecule has 0 fully saturated rings. The predicted molar refractivity (Wildman–Crippen MR) is 173 cm³/mol. The van der Waals surface area contributed by atoms with Gasteiger partial charge in [0, 0.05) is 13.0 Å². The van der Waals surface area contributed by atoms with Gasteiger partial charge in [-0.3, -0.25) is 4.79 Å². The summed E-state index contributed by atoms with van der Waals surface area (Å²) in [6, 6.07) is 0. The molecule has 0 aliphatic heterocycles. The molecule has 1 unspecified atom stereocenters. The van der Waals surface area contributed by atoms with E-state index in [1.165, 1.54) is 116 Å². The van der Waals surface area contributed by atoms with Crippen LogP contribution in [0.2, 0.25) is 0 Å². The zero-order valence-corrected chi connectivity index (χ0v) is 26.9. The summed E-state index contributed by atoms with van der Waals surface area (Å²) in [6.07, 6.45) is 39.2. The lowest BCUT2D eigenvalue weighted by molar-refractivity contribution is -0.154. The highest BCUT2D eigenvalue weighted by molar-refractivity contribution is 5.69. The lowest BCUT2D eigenvalue weighted by Gasteiger charge is -2.15. The molecule has 0 bridgehead atoms. The van der Waals surface area contributed by atoms with Crippen LogP contribution in [0.3, 0.4) is 0 Å². The number of carbonyl (C=O) groups is 1. The number of hydrogen-bond acceptors (Lipinski definition) is 4. The van der Waals surface area contributed by atoms with E-state index >= 15 is 0 Å². The highest BCUT2D eigenvalue weighted by atomic mass is 16.6. The summed E-state index contributed by atoms with van der Waals surface area (Å²) in [5.41, 5.74) is 0. The number of esters is 1. The van der Waals surface area contributed by atoms with Crippen molar-refractivity contribution in [2.75, 3.05) is 19.8 Å². The molecule has 1 atom stereocenters. The SMILES string of the molecule is CCCCC/C=C\C/C=C\CCCCCCCC(=O)OC(CO)COCCCCCCCCCCCCCCC. The van der Waals surface area contributed by atoms with Gasteiger partial charge in [0.05, 0.1) is 13.2 Å². The topological polar surface area (TPSA) is 55.8 Å². The summed E-state index contributed by atoms with van der Waals surface area (Å²) >= 11 is 0. The third-order valence-corrected chi connectivity index (χ3v) is 7.53. The van der Waals surface area contributed by atoms with Gasteiger partial charge in [0.25, 0.3) is 0 Å². The van der Waals surface area contributed by atoms with Gasteiger partial charge >= 0.3 is 5.97 Å². The lowest BCUT2D eigenvalue weighted by atomic mass is 10.0. The van der Waals surface area contributed by atoms with E-state index < -0.39 is 6.10 Å². The first-order valence-corrected chi connectivity index (χ1v) is 17.4. The van der Waals surface area contributed by atoms with E-state index in [0.717, 1.165) is 38.5 Å². The maximum absolute atomic E-state index is 12.1. The lowest BCUT2D eigenvalue weighted by Crippen LogP contribution is -2.27. The quantitative estimate of drug-likeness (QED) is 0.0501. The normalized spacial score (nSPS) is 12.6. The van der Waals surface area contributed by atoms with Crippen molar-refractivity contribution in [2.45, 2.75) is 180 Å². The van der Waals surface area contributed by atoms with Crippen molar-refractivity contribution in [3.8, 4) is 0 Å². The fourth-order valence-electron chi connectivity index (χ4n) is 4.89. The number of ether oxygens (including phenoxy) is 2. The minimum atomic E-state index is -0.535. The molecule has 0 spiro atoms. The first-order chi connectivity index (χ1) is 19.7. The maximum Gasteiger partial charge on any atom is 0.306 e. The van der Waals surface area contributed by atoms with E-state index in [1.807, 2.05) is 0 Å². The Morgan fingerprint density at radius 3 is 1.60 bits per heavy atom. The maximum atomic E-state index is 12.1. The van der Waals surface area contributed by atoms with Gasteiger partial charge in [-0.15, -0.1) is 0 Å². The van der Waals surface area contributed by atoms with Crippen LogP contribution in [0.5, 0.6) is 0 Å². The number of rotatable bonds is 32. The summed E-state index contributed by atoms with van der Waals surface area (Å²) in [5.74, 6) is -0.214. The fourth-order valence-corrected chi connectivity index (χ4v) is 4.89. The summed E-state index contributed by atoms with van der Waals surface area (Å²) in [6.45, 7) is 5.31. The smallest absolute Gasteiger partial charge is 0.306 e. The fraction of sp³-hybridized carbons (Fsp3) is 0.861. The van der Waals surface area contributed by atoms with Gasteiger partial charge in [-0.05, 0) is 44.9 Å². The van der Waals surface area contributed by atoms with Crippen LogP contribution in [0.1, 0.15) is 174 Å². The van der Waals surface area contributed by atoms with Crippen molar-refractivity contribution >= 4 is 5.97 Å². The molecule has 4 heteroatoms. The van der Waals surface area contributed by atoms with Crippen LogP contribution in [-0.2, 0) is 14.3 Å². The Morgan fingerprint density at radius 2 is 1.05 bits per heavy atom. The van der Waals surface area contributed by atoms with Crippen LogP contribution >= 0.6 is 0 Å².